The Labute approximate surface area is 138 Å². The summed E-state index contributed by atoms with van der Waals surface area (Å²) in [5.74, 6) is 0. The number of rotatable bonds is 4. The van der Waals surface area contributed by atoms with Crippen molar-refractivity contribution in [3.05, 3.63) is 75.6 Å². The SMILES string of the molecule is C[n+]1cccc2cc([N-]S(=O)(=O)c3ccc([N+](=O)[O-])cc3)ccc21. The summed E-state index contributed by atoms with van der Waals surface area (Å²) in [4.78, 5) is 9.96. The van der Waals surface area contributed by atoms with Crippen LogP contribution in [0.15, 0.2) is 65.7 Å². The number of aromatic nitrogens is 1. The van der Waals surface area contributed by atoms with E-state index in [0.717, 1.165) is 23.0 Å². The van der Waals surface area contributed by atoms with Crippen molar-refractivity contribution in [3.63, 3.8) is 0 Å². The first-order valence-electron chi connectivity index (χ1n) is 6.98. The number of fused-ring (bicyclic) bond motifs is 1. The molecule has 7 nitrogen and oxygen atoms in total. The predicted molar refractivity (Wildman–Crippen MR) is 88.4 cm³/mol. The highest BCUT2D eigenvalue weighted by Crippen LogP contribution is 2.30. The van der Waals surface area contributed by atoms with Crippen molar-refractivity contribution in [2.45, 2.75) is 4.90 Å². The molecule has 3 rings (SSSR count). The lowest BCUT2D eigenvalue weighted by Crippen LogP contribution is -2.27. The van der Waals surface area contributed by atoms with E-state index in [0.29, 0.717) is 5.69 Å². The molecule has 24 heavy (non-hydrogen) atoms. The summed E-state index contributed by atoms with van der Waals surface area (Å²) in [5, 5.41) is 11.5. The van der Waals surface area contributed by atoms with Crippen LogP contribution in [0.2, 0.25) is 0 Å². The van der Waals surface area contributed by atoms with Gasteiger partial charge < -0.3 is 4.72 Å². The van der Waals surface area contributed by atoms with E-state index in [2.05, 4.69) is 4.72 Å². The van der Waals surface area contributed by atoms with Crippen LogP contribution in [0.3, 0.4) is 0 Å². The highest BCUT2D eigenvalue weighted by atomic mass is 32.2. The molecule has 0 amide bonds. The quantitative estimate of drug-likeness (QED) is 0.413. The van der Waals surface area contributed by atoms with Gasteiger partial charge in [0.25, 0.3) is 5.69 Å². The molecule has 2 aromatic carbocycles. The molecule has 1 heterocycles. The Bertz CT molecular complexity index is 1030. The molecule has 0 fully saturated rings. The highest BCUT2D eigenvalue weighted by molar-refractivity contribution is 7.94. The van der Waals surface area contributed by atoms with E-state index >= 15 is 0 Å². The predicted octanol–water partition coefficient (Wildman–Crippen LogP) is 2.97. The number of nitrogens with zero attached hydrogens (tertiary/aromatic N) is 3. The van der Waals surface area contributed by atoms with Crippen LogP contribution in [-0.2, 0) is 17.1 Å². The summed E-state index contributed by atoms with van der Waals surface area (Å²) in [5.41, 5.74) is 1.07. The summed E-state index contributed by atoms with van der Waals surface area (Å²) in [6.45, 7) is 0. The maximum atomic E-state index is 12.3. The van der Waals surface area contributed by atoms with E-state index in [1.165, 1.54) is 12.1 Å². The summed E-state index contributed by atoms with van der Waals surface area (Å²) in [7, 11) is -2.04. The molecule has 0 unspecified atom stereocenters. The first-order chi connectivity index (χ1) is 11.4. The number of hydrogen-bond donors (Lipinski definition) is 0. The number of hydrogen-bond acceptors (Lipinski definition) is 4. The van der Waals surface area contributed by atoms with Gasteiger partial charge in [0.15, 0.2) is 6.20 Å². The Hall–Kier alpha value is -3.00. The van der Waals surface area contributed by atoms with Crippen molar-refractivity contribution in [2.24, 2.45) is 7.05 Å². The van der Waals surface area contributed by atoms with Crippen LogP contribution in [0.4, 0.5) is 11.4 Å². The lowest BCUT2D eigenvalue weighted by Gasteiger charge is -2.21. The fourth-order valence-electron chi connectivity index (χ4n) is 2.34. The zero-order valence-corrected chi connectivity index (χ0v) is 13.5. The van der Waals surface area contributed by atoms with Crippen molar-refractivity contribution in [1.82, 2.24) is 0 Å². The van der Waals surface area contributed by atoms with E-state index in [1.807, 2.05) is 29.9 Å². The van der Waals surface area contributed by atoms with Crippen molar-refractivity contribution in [2.75, 3.05) is 0 Å². The fraction of sp³-hybridized carbons (Fsp3) is 0.0625. The second kappa shape index (κ2) is 5.89. The van der Waals surface area contributed by atoms with Gasteiger partial charge in [-0.1, -0.05) is 12.1 Å². The summed E-state index contributed by atoms with van der Waals surface area (Å²) >= 11 is 0. The van der Waals surface area contributed by atoms with E-state index in [9.17, 15) is 18.5 Å². The van der Waals surface area contributed by atoms with Crippen molar-refractivity contribution in [3.8, 4) is 0 Å². The van der Waals surface area contributed by atoms with E-state index in [1.54, 1.807) is 18.2 Å². The standard InChI is InChI=1S/C16H13N3O4S/c1-18-10-2-3-12-11-13(4-9-16(12)18)17-24(22,23)15-7-5-14(6-8-15)19(20)21/h2-11H,1H3. The first kappa shape index (κ1) is 15.9. The zero-order chi connectivity index (χ0) is 17.3. The van der Waals surface area contributed by atoms with Gasteiger partial charge in [0.1, 0.15) is 17.1 Å². The zero-order valence-electron chi connectivity index (χ0n) is 12.7. The minimum atomic E-state index is -3.94. The average molecular weight is 343 g/mol. The first-order valence-corrected chi connectivity index (χ1v) is 8.42. The maximum absolute atomic E-state index is 12.3. The lowest BCUT2D eigenvalue weighted by atomic mass is 10.2. The Balaban J connectivity index is 1.93. The molecule has 0 bridgehead atoms. The third kappa shape index (κ3) is 3.04. The van der Waals surface area contributed by atoms with Crippen LogP contribution in [0, 0.1) is 10.1 Å². The van der Waals surface area contributed by atoms with Crippen LogP contribution < -0.4 is 4.57 Å². The van der Waals surface area contributed by atoms with Crippen LogP contribution in [0.25, 0.3) is 15.6 Å². The highest BCUT2D eigenvalue weighted by Gasteiger charge is 2.10. The van der Waals surface area contributed by atoms with Gasteiger partial charge in [0, 0.05) is 29.7 Å². The molecule has 0 saturated heterocycles. The van der Waals surface area contributed by atoms with Crippen molar-refractivity contribution in [1.29, 1.82) is 0 Å². The normalized spacial score (nSPS) is 11.4. The van der Waals surface area contributed by atoms with Crippen molar-refractivity contribution >= 4 is 32.3 Å². The molecule has 8 heteroatoms. The molecule has 0 radical (unpaired) electrons. The number of benzene rings is 2. The Morgan fingerprint density at radius 1 is 1.08 bits per heavy atom. The van der Waals surface area contributed by atoms with Gasteiger partial charge in [-0.25, -0.2) is 13.0 Å². The average Bonchev–Trinajstić information content (AvgIpc) is 2.54. The van der Waals surface area contributed by atoms with E-state index in [4.69, 9.17) is 0 Å². The molecular formula is C16H13N3O4S. The van der Waals surface area contributed by atoms with Gasteiger partial charge in [0.05, 0.1) is 9.82 Å². The number of non-ortho nitro benzene ring substituents is 1. The second-order valence-corrected chi connectivity index (χ2v) is 6.78. The van der Waals surface area contributed by atoms with Crippen LogP contribution in [-0.4, -0.2) is 13.3 Å². The van der Waals surface area contributed by atoms with Gasteiger partial charge in [-0.3, -0.25) is 10.1 Å². The summed E-state index contributed by atoms with van der Waals surface area (Å²) in [6, 6.07) is 13.5. The molecule has 122 valence electrons. The Morgan fingerprint density at radius 2 is 1.79 bits per heavy atom. The topological polar surface area (TPSA) is 95.3 Å². The van der Waals surface area contributed by atoms with Gasteiger partial charge in [-0.2, -0.15) is 0 Å². The molecule has 0 spiro atoms. The molecule has 1 aromatic heterocycles. The number of sulfonamides is 1. The Morgan fingerprint density at radius 3 is 2.46 bits per heavy atom. The lowest BCUT2D eigenvalue weighted by molar-refractivity contribution is -0.644. The van der Waals surface area contributed by atoms with Gasteiger partial charge in [-0.05, 0) is 18.2 Å². The molecule has 0 atom stereocenters. The monoisotopic (exact) mass is 343 g/mol. The number of pyridine rings is 1. The fourth-order valence-corrected chi connectivity index (χ4v) is 3.32. The van der Waals surface area contributed by atoms with Crippen LogP contribution in [0.1, 0.15) is 0 Å². The molecular weight excluding hydrogens is 330 g/mol. The van der Waals surface area contributed by atoms with E-state index < -0.39 is 14.9 Å². The molecule has 3 aromatic rings. The van der Waals surface area contributed by atoms with Gasteiger partial charge >= 0.3 is 0 Å². The Kier molecular flexibility index (Phi) is 3.90. The largest absolute Gasteiger partial charge is 0.573 e. The molecule has 0 N–H and O–H groups in total. The minimum Gasteiger partial charge on any atom is -0.573 e. The molecule has 0 aliphatic rings. The van der Waals surface area contributed by atoms with Crippen LogP contribution in [0.5, 0.6) is 0 Å². The van der Waals surface area contributed by atoms with Crippen LogP contribution >= 0.6 is 0 Å². The maximum Gasteiger partial charge on any atom is 0.269 e. The van der Waals surface area contributed by atoms with E-state index in [-0.39, 0.29) is 10.6 Å². The number of aryl methyl sites for hydroxylation is 1. The third-order valence-electron chi connectivity index (χ3n) is 3.55. The number of nitro benzene ring substituents is 1. The molecule has 0 saturated carbocycles. The minimum absolute atomic E-state index is 0.0909. The summed E-state index contributed by atoms with van der Waals surface area (Å²) in [6.07, 6.45) is 1.90. The second-order valence-electron chi connectivity index (χ2n) is 5.18. The van der Waals surface area contributed by atoms with Gasteiger partial charge in [0.2, 0.25) is 5.52 Å². The summed E-state index contributed by atoms with van der Waals surface area (Å²) < 4.78 is 30.4. The smallest absolute Gasteiger partial charge is 0.269 e. The van der Waals surface area contributed by atoms with Gasteiger partial charge in [-0.15, -0.1) is 5.69 Å². The molecule has 0 aliphatic carbocycles. The van der Waals surface area contributed by atoms with Crippen molar-refractivity contribution < 1.29 is 17.9 Å². The molecule has 0 aliphatic heterocycles. The third-order valence-corrected chi connectivity index (χ3v) is 4.87. The number of nitro groups is 1.